The monoisotopic (exact) mass is 424 g/mol. The van der Waals surface area contributed by atoms with E-state index in [4.69, 9.17) is 0 Å². The van der Waals surface area contributed by atoms with Crippen LogP contribution < -0.4 is 0 Å². The highest BCUT2D eigenvalue weighted by atomic mass is 19.2. The molecule has 0 amide bonds. The van der Waals surface area contributed by atoms with E-state index in [2.05, 4.69) is 19.1 Å². The van der Waals surface area contributed by atoms with Crippen molar-refractivity contribution in [3.63, 3.8) is 0 Å². The lowest BCUT2D eigenvalue weighted by molar-refractivity contribution is 0.505. The third kappa shape index (κ3) is 6.00. The largest absolute Gasteiger partial charge is 0.206 e. The quantitative estimate of drug-likeness (QED) is 0.285. The van der Waals surface area contributed by atoms with Gasteiger partial charge in [0.1, 0.15) is 5.82 Å². The third-order valence-corrected chi connectivity index (χ3v) is 5.89. The fourth-order valence-corrected chi connectivity index (χ4v) is 3.92. The predicted molar refractivity (Wildman–Crippen MR) is 124 cm³/mol. The van der Waals surface area contributed by atoms with Crippen LogP contribution in [0.25, 0.3) is 22.3 Å². The molecule has 0 aliphatic rings. The van der Waals surface area contributed by atoms with Crippen LogP contribution in [0, 0.1) is 24.4 Å². The molecule has 0 saturated carbocycles. The van der Waals surface area contributed by atoms with Gasteiger partial charge >= 0.3 is 0 Å². The summed E-state index contributed by atoms with van der Waals surface area (Å²) in [5.41, 5.74) is 3.12. The predicted octanol–water partition coefficient (Wildman–Crippen LogP) is 9.04. The molecule has 0 fully saturated rings. The van der Waals surface area contributed by atoms with E-state index in [1.165, 1.54) is 81.7 Å². The fourth-order valence-electron chi connectivity index (χ4n) is 3.92. The second-order valence-electron chi connectivity index (χ2n) is 8.32. The number of hydrogen-bond acceptors (Lipinski definition) is 0. The molecule has 31 heavy (non-hydrogen) atoms. The van der Waals surface area contributed by atoms with Gasteiger partial charge in [0.05, 0.1) is 0 Å². The van der Waals surface area contributed by atoms with Crippen LogP contribution >= 0.6 is 0 Å². The maximum atomic E-state index is 14.7. The molecular formula is C28H31F3. The van der Waals surface area contributed by atoms with E-state index in [1.807, 2.05) is 12.1 Å². The zero-order valence-corrected chi connectivity index (χ0v) is 18.5. The number of rotatable bonds is 10. The minimum absolute atomic E-state index is 0.0582. The molecule has 3 aromatic rings. The van der Waals surface area contributed by atoms with E-state index >= 15 is 0 Å². The van der Waals surface area contributed by atoms with Crippen LogP contribution in [0.4, 0.5) is 13.2 Å². The normalized spacial score (nSPS) is 11.1. The zero-order valence-electron chi connectivity index (χ0n) is 18.5. The first-order valence-corrected chi connectivity index (χ1v) is 11.3. The van der Waals surface area contributed by atoms with Crippen molar-refractivity contribution < 1.29 is 13.2 Å². The van der Waals surface area contributed by atoms with Crippen molar-refractivity contribution in [2.45, 2.75) is 65.2 Å². The van der Waals surface area contributed by atoms with E-state index in [0.717, 1.165) is 17.5 Å². The summed E-state index contributed by atoms with van der Waals surface area (Å²) in [6.45, 7) is 3.72. The molecular weight excluding hydrogens is 393 g/mol. The van der Waals surface area contributed by atoms with Gasteiger partial charge in [0, 0.05) is 11.1 Å². The maximum Gasteiger partial charge on any atom is 0.167 e. The van der Waals surface area contributed by atoms with Crippen molar-refractivity contribution in [2.75, 3.05) is 0 Å². The molecule has 0 saturated heterocycles. The highest BCUT2D eigenvalue weighted by Crippen LogP contribution is 2.31. The average molecular weight is 425 g/mol. The summed E-state index contributed by atoms with van der Waals surface area (Å²) >= 11 is 0. The van der Waals surface area contributed by atoms with Crippen LogP contribution in [0.2, 0.25) is 0 Å². The summed E-state index contributed by atoms with van der Waals surface area (Å²) in [7, 11) is 0. The van der Waals surface area contributed by atoms with Gasteiger partial charge in [-0.15, -0.1) is 0 Å². The van der Waals surface area contributed by atoms with Gasteiger partial charge in [-0.2, -0.15) is 0 Å². The molecule has 164 valence electrons. The van der Waals surface area contributed by atoms with Crippen molar-refractivity contribution in [1.29, 1.82) is 0 Å². The highest BCUT2D eigenvalue weighted by molar-refractivity contribution is 5.71. The van der Waals surface area contributed by atoms with Crippen molar-refractivity contribution in [3.05, 3.63) is 83.2 Å². The Balaban J connectivity index is 1.63. The van der Waals surface area contributed by atoms with E-state index in [-0.39, 0.29) is 16.7 Å². The van der Waals surface area contributed by atoms with Gasteiger partial charge < -0.3 is 0 Å². The molecule has 0 unspecified atom stereocenters. The Morgan fingerprint density at radius 2 is 1.23 bits per heavy atom. The molecule has 0 heterocycles. The first-order chi connectivity index (χ1) is 15.0. The Hall–Kier alpha value is -2.55. The molecule has 0 N–H and O–H groups in total. The molecule has 0 nitrogen and oxygen atoms in total. The lowest BCUT2D eigenvalue weighted by Crippen LogP contribution is -1.95. The lowest BCUT2D eigenvalue weighted by Gasteiger charge is -2.10. The minimum atomic E-state index is -1.01. The van der Waals surface area contributed by atoms with Gasteiger partial charge in [-0.1, -0.05) is 94.0 Å². The van der Waals surface area contributed by atoms with Crippen molar-refractivity contribution >= 4 is 0 Å². The number of unbranched alkanes of at least 4 members (excludes halogenated alkanes) is 6. The number of hydrogen-bond donors (Lipinski definition) is 0. The van der Waals surface area contributed by atoms with Crippen LogP contribution in [0.3, 0.4) is 0 Å². The molecule has 0 atom stereocenters. The summed E-state index contributed by atoms with van der Waals surface area (Å²) in [6.07, 6.45) is 10.1. The molecule has 0 aromatic heterocycles. The average Bonchev–Trinajstić information content (AvgIpc) is 2.78. The van der Waals surface area contributed by atoms with Gasteiger partial charge in [0.25, 0.3) is 0 Å². The Morgan fingerprint density at radius 3 is 1.90 bits per heavy atom. The Bertz CT molecular complexity index is 990. The molecule has 3 rings (SSSR count). The van der Waals surface area contributed by atoms with Crippen molar-refractivity contribution in [3.8, 4) is 22.3 Å². The summed E-state index contributed by atoms with van der Waals surface area (Å²) in [5, 5.41) is 0. The van der Waals surface area contributed by atoms with E-state index in [9.17, 15) is 13.2 Å². The Morgan fingerprint density at radius 1 is 0.613 bits per heavy atom. The van der Waals surface area contributed by atoms with Crippen LogP contribution in [0.15, 0.2) is 54.6 Å². The van der Waals surface area contributed by atoms with Gasteiger partial charge in [0.2, 0.25) is 0 Å². The van der Waals surface area contributed by atoms with E-state index in [0.29, 0.717) is 0 Å². The summed E-state index contributed by atoms with van der Waals surface area (Å²) in [4.78, 5) is 0. The Kier molecular flexibility index (Phi) is 8.34. The number of aryl methyl sites for hydroxylation is 2. The van der Waals surface area contributed by atoms with Gasteiger partial charge in [-0.3, -0.25) is 0 Å². The summed E-state index contributed by atoms with van der Waals surface area (Å²) in [6, 6.07) is 15.7. The second kappa shape index (κ2) is 11.2. The maximum absolute atomic E-state index is 14.7. The highest BCUT2D eigenvalue weighted by Gasteiger charge is 2.16. The van der Waals surface area contributed by atoms with Gasteiger partial charge in [-0.05, 0) is 48.1 Å². The SMILES string of the molecule is CCCCCCCCCc1ccc(-c2ccc(-c3ccc(C)c(F)c3F)c(F)c2)cc1. The van der Waals surface area contributed by atoms with Crippen LogP contribution in [0.5, 0.6) is 0 Å². The number of benzene rings is 3. The van der Waals surface area contributed by atoms with Crippen molar-refractivity contribution in [1.82, 2.24) is 0 Å². The van der Waals surface area contributed by atoms with Gasteiger partial charge in [-0.25, -0.2) is 13.2 Å². The van der Waals surface area contributed by atoms with E-state index < -0.39 is 17.5 Å². The van der Waals surface area contributed by atoms with Crippen LogP contribution in [-0.4, -0.2) is 0 Å². The van der Waals surface area contributed by atoms with Crippen LogP contribution in [0.1, 0.15) is 63.0 Å². The topological polar surface area (TPSA) is 0 Å². The van der Waals surface area contributed by atoms with E-state index in [1.54, 1.807) is 6.07 Å². The van der Waals surface area contributed by atoms with Crippen molar-refractivity contribution in [2.24, 2.45) is 0 Å². The first-order valence-electron chi connectivity index (χ1n) is 11.3. The molecule has 0 radical (unpaired) electrons. The first kappa shape index (κ1) is 23.1. The summed E-state index contributed by atoms with van der Waals surface area (Å²) in [5.74, 6) is -2.51. The van der Waals surface area contributed by atoms with Gasteiger partial charge in [0.15, 0.2) is 11.6 Å². The lowest BCUT2D eigenvalue weighted by atomic mass is 9.97. The van der Waals surface area contributed by atoms with Crippen LogP contribution in [-0.2, 0) is 6.42 Å². The molecule has 3 aromatic carbocycles. The standard InChI is InChI=1S/C28H31F3/c1-3-4-5-6-7-8-9-10-21-12-14-22(15-13-21)23-16-18-24(26(29)19-23)25-17-11-20(2)27(30)28(25)31/h11-19H,3-10H2,1-2H3. The number of halogens is 3. The Labute approximate surface area is 184 Å². The molecule has 0 bridgehead atoms. The fraction of sp³-hybridized carbons (Fsp3) is 0.357. The minimum Gasteiger partial charge on any atom is -0.206 e. The third-order valence-electron chi connectivity index (χ3n) is 5.89. The second-order valence-corrected chi connectivity index (χ2v) is 8.32. The molecule has 0 spiro atoms. The molecule has 0 aliphatic heterocycles. The zero-order chi connectivity index (χ0) is 22.2. The molecule has 0 aliphatic carbocycles. The summed E-state index contributed by atoms with van der Waals surface area (Å²) < 4.78 is 42.9. The smallest absolute Gasteiger partial charge is 0.167 e. The molecule has 3 heteroatoms.